The van der Waals surface area contributed by atoms with Gasteiger partial charge in [-0.2, -0.15) is 9.40 Å². The highest BCUT2D eigenvalue weighted by atomic mass is 32.2. The Balaban J connectivity index is 2.06. The summed E-state index contributed by atoms with van der Waals surface area (Å²) >= 11 is 0. The van der Waals surface area contributed by atoms with Gasteiger partial charge in [0.15, 0.2) is 0 Å². The minimum Gasteiger partial charge on any atom is -0.281 e. The molecular formula is C10H18N4O4S2. The van der Waals surface area contributed by atoms with Crippen LogP contribution in [0.25, 0.3) is 0 Å². The second-order valence-electron chi connectivity index (χ2n) is 4.93. The average molecular weight is 322 g/mol. The molecule has 0 amide bonds. The average Bonchev–Trinajstić information content (AvgIpc) is 2.74. The summed E-state index contributed by atoms with van der Waals surface area (Å²) in [6.45, 7) is 2.23. The molecule has 1 saturated heterocycles. The molecule has 0 aliphatic carbocycles. The zero-order chi connectivity index (χ0) is 15.0. The summed E-state index contributed by atoms with van der Waals surface area (Å²) in [6.07, 6.45) is 3.32. The molecule has 0 aromatic carbocycles. The summed E-state index contributed by atoms with van der Waals surface area (Å²) in [5, 5.41) is 6.33. The monoisotopic (exact) mass is 322 g/mol. The number of nitrogens with one attached hydrogen (secondary N) is 2. The van der Waals surface area contributed by atoms with Gasteiger partial charge in [-0.3, -0.25) is 5.10 Å². The van der Waals surface area contributed by atoms with Crippen molar-refractivity contribution in [2.24, 2.45) is 0 Å². The van der Waals surface area contributed by atoms with E-state index in [4.69, 9.17) is 0 Å². The Bertz CT molecular complexity index is 672. The molecule has 8 nitrogen and oxygen atoms in total. The molecule has 0 bridgehead atoms. The molecule has 0 atom stereocenters. The molecule has 0 saturated carbocycles. The molecule has 10 heteroatoms. The van der Waals surface area contributed by atoms with Gasteiger partial charge in [0.05, 0.1) is 18.1 Å². The van der Waals surface area contributed by atoms with Crippen molar-refractivity contribution in [1.82, 2.24) is 19.2 Å². The molecule has 1 fully saturated rings. The summed E-state index contributed by atoms with van der Waals surface area (Å²) in [4.78, 5) is 0.173. The zero-order valence-electron chi connectivity index (χ0n) is 11.3. The largest absolute Gasteiger partial charge is 0.281 e. The third kappa shape index (κ3) is 3.37. The predicted octanol–water partition coefficient (Wildman–Crippen LogP) is -0.580. The topological polar surface area (TPSA) is 112 Å². The Hall–Kier alpha value is -0.970. The van der Waals surface area contributed by atoms with Gasteiger partial charge in [0.2, 0.25) is 20.0 Å². The standard InChI is InChI=1S/C10H18N4O4S2/c1-8-10(7-11-12-8)20(17,18)14-5-3-9(4-6-14)13-19(2,15)16/h7,9,13H,3-6H2,1-2H3,(H,11,12). The number of hydrogen-bond acceptors (Lipinski definition) is 5. The van der Waals surface area contributed by atoms with Gasteiger partial charge in [0.25, 0.3) is 0 Å². The number of nitrogens with zero attached hydrogens (tertiary/aromatic N) is 2. The fourth-order valence-corrected chi connectivity index (χ4v) is 4.68. The lowest BCUT2D eigenvalue weighted by Gasteiger charge is -2.30. The molecule has 0 radical (unpaired) electrons. The van der Waals surface area contributed by atoms with E-state index in [2.05, 4.69) is 14.9 Å². The van der Waals surface area contributed by atoms with Gasteiger partial charge in [-0.15, -0.1) is 0 Å². The number of H-pyrrole nitrogens is 1. The van der Waals surface area contributed by atoms with Crippen LogP contribution < -0.4 is 4.72 Å². The van der Waals surface area contributed by atoms with Crippen LogP contribution in [-0.2, 0) is 20.0 Å². The number of aryl methyl sites for hydroxylation is 1. The second-order valence-corrected chi connectivity index (χ2v) is 8.61. The lowest BCUT2D eigenvalue weighted by Crippen LogP contribution is -2.46. The van der Waals surface area contributed by atoms with Crippen LogP contribution in [0.15, 0.2) is 11.1 Å². The van der Waals surface area contributed by atoms with Gasteiger partial charge in [-0.25, -0.2) is 21.6 Å². The number of hydrogen-bond donors (Lipinski definition) is 2. The first-order valence-electron chi connectivity index (χ1n) is 6.17. The summed E-state index contributed by atoms with van der Waals surface area (Å²) < 4.78 is 51.0. The van der Waals surface area contributed by atoms with Crippen molar-refractivity contribution in [1.29, 1.82) is 0 Å². The van der Waals surface area contributed by atoms with Crippen LogP contribution in [0, 0.1) is 6.92 Å². The van der Waals surface area contributed by atoms with E-state index in [1.807, 2.05) is 0 Å². The number of aromatic amines is 1. The molecule has 2 heterocycles. The molecular weight excluding hydrogens is 304 g/mol. The number of piperidine rings is 1. The van der Waals surface area contributed by atoms with Crippen LogP contribution >= 0.6 is 0 Å². The molecule has 20 heavy (non-hydrogen) atoms. The summed E-state index contributed by atoms with van der Waals surface area (Å²) in [6, 6.07) is -0.207. The predicted molar refractivity (Wildman–Crippen MR) is 73.1 cm³/mol. The van der Waals surface area contributed by atoms with Crippen molar-refractivity contribution < 1.29 is 16.8 Å². The molecule has 0 spiro atoms. The van der Waals surface area contributed by atoms with Crippen molar-refractivity contribution in [2.45, 2.75) is 30.7 Å². The highest BCUT2D eigenvalue weighted by Crippen LogP contribution is 2.22. The Morgan fingerprint density at radius 1 is 1.30 bits per heavy atom. The molecule has 0 unspecified atom stereocenters. The van der Waals surface area contributed by atoms with Crippen molar-refractivity contribution in [3.8, 4) is 0 Å². The summed E-state index contributed by atoms with van der Waals surface area (Å²) in [5.74, 6) is 0. The Kier molecular flexibility index (Phi) is 4.19. The van der Waals surface area contributed by atoms with Crippen LogP contribution in [0.2, 0.25) is 0 Å². The first kappa shape index (κ1) is 15.4. The van der Waals surface area contributed by atoms with E-state index in [1.54, 1.807) is 6.92 Å². The fourth-order valence-electron chi connectivity index (χ4n) is 2.26. The molecule has 1 aliphatic heterocycles. The van der Waals surface area contributed by atoms with E-state index in [0.717, 1.165) is 6.26 Å². The van der Waals surface area contributed by atoms with Crippen molar-refractivity contribution in [3.63, 3.8) is 0 Å². The van der Waals surface area contributed by atoms with Gasteiger partial charge < -0.3 is 0 Å². The van der Waals surface area contributed by atoms with Crippen molar-refractivity contribution >= 4 is 20.0 Å². The van der Waals surface area contributed by atoms with E-state index < -0.39 is 20.0 Å². The molecule has 114 valence electrons. The number of sulfonamides is 2. The van der Waals surface area contributed by atoms with Crippen molar-refractivity contribution in [3.05, 3.63) is 11.9 Å². The van der Waals surface area contributed by atoms with E-state index in [0.29, 0.717) is 31.6 Å². The maximum atomic E-state index is 12.4. The van der Waals surface area contributed by atoms with Crippen LogP contribution in [-0.4, -0.2) is 56.7 Å². The Morgan fingerprint density at radius 3 is 2.35 bits per heavy atom. The highest BCUT2D eigenvalue weighted by molar-refractivity contribution is 7.89. The van der Waals surface area contributed by atoms with Crippen LogP contribution in [0.4, 0.5) is 0 Å². The third-order valence-corrected chi connectivity index (χ3v) is 6.01. The SMILES string of the molecule is Cc1[nH]ncc1S(=O)(=O)N1CCC(NS(C)(=O)=O)CC1. The van der Waals surface area contributed by atoms with Crippen LogP contribution in [0.5, 0.6) is 0 Å². The second kappa shape index (κ2) is 5.43. The smallest absolute Gasteiger partial charge is 0.246 e. The van der Waals surface area contributed by atoms with Crippen LogP contribution in [0.1, 0.15) is 18.5 Å². The summed E-state index contributed by atoms with van der Waals surface area (Å²) in [5.41, 5.74) is 0.501. The molecule has 1 aliphatic rings. The lowest BCUT2D eigenvalue weighted by molar-refractivity contribution is 0.308. The zero-order valence-corrected chi connectivity index (χ0v) is 13.0. The van der Waals surface area contributed by atoms with Gasteiger partial charge in [0.1, 0.15) is 4.90 Å². The van der Waals surface area contributed by atoms with Gasteiger partial charge >= 0.3 is 0 Å². The van der Waals surface area contributed by atoms with E-state index in [9.17, 15) is 16.8 Å². The van der Waals surface area contributed by atoms with E-state index in [1.165, 1.54) is 10.5 Å². The number of aromatic nitrogens is 2. The molecule has 1 aromatic heterocycles. The summed E-state index contributed by atoms with van der Waals surface area (Å²) in [7, 11) is -6.81. The maximum absolute atomic E-state index is 12.4. The fraction of sp³-hybridized carbons (Fsp3) is 0.700. The molecule has 2 N–H and O–H groups in total. The molecule has 1 aromatic rings. The number of rotatable bonds is 4. The minimum atomic E-state index is -3.55. The van der Waals surface area contributed by atoms with Gasteiger partial charge in [-0.1, -0.05) is 0 Å². The first-order valence-corrected chi connectivity index (χ1v) is 9.51. The van der Waals surface area contributed by atoms with Crippen LogP contribution in [0.3, 0.4) is 0 Å². The normalized spacial score (nSPS) is 19.3. The third-order valence-electron chi connectivity index (χ3n) is 3.24. The van der Waals surface area contributed by atoms with Gasteiger partial charge in [-0.05, 0) is 19.8 Å². The Morgan fingerprint density at radius 2 is 1.90 bits per heavy atom. The quantitative estimate of drug-likeness (QED) is 0.770. The Labute approximate surface area is 118 Å². The van der Waals surface area contributed by atoms with E-state index >= 15 is 0 Å². The maximum Gasteiger partial charge on any atom is 0.246 e. The first-order chi connectivity index (χ1) is 9.20. The van der Waals surface area contributed by atoms with E-state index in [-0.39, 0.29) is 10.9 Å². The van der Waals surface area contributed by atoms with Gasteiger partial charge in [0, 0.05) is 19.1 Å². The molecule has 2 rings (SSSR count). The highest BCUT2D eigenvalue weighted by Gasteiger charge is 2.31. The minimum absolute atomic E-state index is 0.173. The lowest BCUT2D eigenvalue weighted by atomic mass is 10.1. The van der Waals surface area contributed by atoms with Crippen molar-refractivity contribution in [2.75, 3.05) is 19.3 Å².